The standard InChI is InChI=1S/C29H51N3O2/c1-32(27-23-19-18-20-24-27)29(30)31-26-22-17-15-13-11-9-7-5-3-2-4-6-8-10-12-14-16-21-25-28(33)34/h18-20,23-24H,2-17,21-22,25-26H2,1H3,(H2,30,31)(H,33,34). The molecule has 5 heteroatoms. The first-order valence-electron chi connectivity index (χ1n) is 13.9. The molecule has 0 saturated heterocycles. The van der Waals surface area contributed by atoms with Gasteiger partial charge in [-0.25, -0.2) is 0 Å². The average Bonchev–Trinajstić information content (AvgIpc) is 2.84. The van der Waals surface area contributed by atoms with Crippen LogP contribution in [0, 0.1) is 0 Å². The minimum atomic E-state index is -0.661. The Labute approximate surface area is 209 Å². The average molecular weight is 474 g/mol. The molecule has 3 N–H and O–H groups in total. The Morgan fingerprint density at radius 3 is 1.50 bits per heavy atom. The lowest BCUT2D eigenvalue weighted by molar-refractivity contribution is -0.137. The second kappa shape index (κ2) is 21.5. The summed E-state index contributed by atoms with van der Waals surface area (Å²) in [7, 11) is 1.96. The third-order valence-electron chi connectivity index (χ3n) is 6.56. The maximum atomic E-state index is 10.4. The fourth-order valence-corrected chi connectivity index (χ4v) is 4.30. The Kier molecular flexibility index (Phi) is 19.0. The van der Waals surface area contributed by atoms with Crippen molar-refractivity contribution < 1.29 is 9.90 Å². The fraction of sp³-hybridized carbons (Fsp3) is 0.724. The van der Waals surface area contributed by atoms with Gasteiger partial charge < -0.3 is 15.7 Å². The predicted octanol–water partition coefficient (Wildman–Crippen LogP) is 7.93. The number of hydrogen-bond acceptors (Lipinski definition) is 2. The van der Waals surface area contributed by atoms with Gasteiger partial charge in [-0.1, -0.05) is 121 Å². The molecule has 1 aromatic rings. The maximum absolute atomic E-state index is 10.4. The van der Waals surface area contributed by atoms with E-state index in [0.717, 1.165) is 31.5 Å². The van der Waals surface area contributed by atoms with Crippen LogP contribution in [-0.4, -0.2) is 30.6 Å². The van der Waals surface area contributed by atoms with Gasteiger partial charge in [-0.3, -0.25) is 9.79 Å². The van der Waals surface area contributed by atoms with Crippen molar-refractivity contribution in [2.24, 2.45) is 10.7 Å². The highest BCUT2D eigenvalue weighted by Gasteiger charge is 2.03. The Hall–Kier alpha value is -2.04. The molecule has 5 nitrogen and oxygen atoms in total. The predicted molar refractivity (Wildman–Crippen MR) is 147 cm³/mol. The van der Waals surface area contributed by atoms with Crippen LogP contribution in [0.4, 0.5) is 5.69 Å². The van der Waals surface area contributed by atoms with Gasteiger partial charge in [0.25, 0.3) is 0 Å². The molecule has 0 fully saturated rings. The van der Waals surface area contributed by atoms with Gasteiger partial charge in [0.2, 0.25) is 0 Å². The van der Waals surface area contributed by atoms with E-state index >= 15 is 0 Å². The molecule has 0 bridgehead atoms. The molecule has 0 heterocycles. The Morgan fingerprint density at radius 1 is 0.706 bits per heavy atom. The van der Waals surface area contributed by atoms with E-state index in [1.807, 2.05) is 42.3 Å². The van der Waals surface area contributed by atoms with Gasteiger partial charge >= 0.3 is 5.97 Å². The topological polar surface area (TPSA) is 78.9 Å². The summed E-state index contributed by atoms with van der Waals surface area (Å²) in [6, 6.07) is 10.1. The number of unbranched alkanes of at least 4 members (excludes halogenated alkanes) is 17. The molecule has 194 valence electrons. The van der Waals surface area contributed by atoms with Crippen LogP contribution in [-0.2, 0) is 4.79 Å². The number of hydrogen-bond donors (Lipinski definition) is 2. The minimum absolute atomic E-state index is 0.333. The number of aliphatic carboxylic acids is 1. The molecular formula is C29H51N3O2. The van der Waals surface area contributed by atoms with Crippen LogP contribution in [0.15, 0.2) is 35.3 Å². The molecule has 0 aromatic heterocycles. The summed E-state index contributed by atoms with van der Waals surface area (Å²) >= 11 is 0. The molecule has 0 unspecified atom stereocenters. The van der Waals surface area contributed by atoms with Crippen LogP contribution in [0.25, 0.3) is 0 Å². The Morgan fingerprint density at radius 2 is 1.09 bits per heavy atom. The second-order valence-electron chi connectivity index (χ2n) is 9.64. The van der Waals surface area contributed by atoms with Crippen LogP contribution >= 0.6 is 0 Å². The first kappa shape index (κ1) is 30.0. The zero-order valence-electron chi connectivity index (χ0n) is 21.9. The number of aliphatic imine (C=N–C) groups is 1. The van der Waals surface area contributed by atoms with Gasteiger partial charge in [0.1, 0.15) is 0 Å². The molecule has 0 spiro atoms. The van der Waals surface area contributed by atoms with E-state index in [0.29, 0.717) is 12.4 Å². The molecule has 1 aromatic carbocycles. The van der Waals surface area contributed by atoms with Crippen molar-refractivity contribution in [3.05, 3.63) is 30.3 Å². The first-order chi connectivity index (χ1) is 16.6. The zero-order valence-corrected chi connectivity index (χ0v) is 21.9. The monoisotopic (exact) mass is 473 g/mol. The molecule has 0 aliphatic rings. The quantitative estimate of drug-likeness (QED) is 0.102. The van der Waals surface area contributed by atoms with Crippen molar-refractivity contribution in [1.82, 2.24) is 0 Å². The summed E-state index contributed by atoms with van der Waals surface area (Å²) in [5.74, 6) is -0.0668. The van der Waals surface area contributed by atoms with Crippen molar-refractivity contribution >= 4 is 17.6 Å². The number of carbonyl (C=O) groups is 1. The van der Waals surface area contributed by atoms with E-state index in [-0.39, 0.29) is 0 Å². The van der Waals surface area contributed by atoms with Crippen molar-refractivity contribution in [3.63, 3.8) is 0 Å². The number of nitrogens with zero attached hydrogens (tertiary/aromatic N) is 2. The Bertz CT molecular complexity index is 634. The molecule has 0 amide bonds. The molecule has 0 saturated carbocycles. The molecule has 0 atom stereocenters. The third kappa shape index (κ3) is 17.4. The summed E-state index contributed by atoms with van der Waals surface area (Å²) in [6.07, 6.45) is 23.5. The van der Waals surface area contributed by atoms with Crippen LogP contribution in [0.2, 0.25) is 0 Å². The molecule has 1 rings (SSSR count). The van der Waals surface area contributed by atoms with E-state index in [1.165, 1.54) is 96.3 Å². The van der Waals surface area contributed by atoms with Gasteiger partial charge in [0.05, 0.1) is 0 Å². The normalized spacial score (nSPS) is 11.6. The van der Waals surface area contributed by atoms with Crippen LogP contribution in [0.3, 0.4) is 0 Å². The molecule has 34 heavy (non-hydrogen) atoms. The summed E-state index contributed by atoms with van der Waals surface area (Å²) in [5, 5.41) is 8.61. The van der Waals surface area contributed by atoms with Crippen molar-refractivity contribution in [1.29, 1.82) is 0 Å². The molecule has 0 aliphatic carbocycles. The fourth-order valence-electron chi connectivity index (χ4n) is 4.30. The van der Waals surface area contributed by atoms with E-state index in [2.05, 4.69) is 4.99 Å². The summed E-state index contributed by atoms with van der Waals surface area (Å²) in [4.78, 5) is 16.9. The van der Waals surface area contributed by atoms with Crippen LogP contribution < -0.4 is 10.6 Å². The Balaban J connectivity index is 1.78. The lowest BCUT2D eigenvalue weighted by Gasteiger charge is -2.17. The number of carboxylic acids is 1. The SMILES string of the molecule is CN(C(N)=NCCCCCCCCCCCCCCCCCCCCC(=O)O)c1ccccc1. The summed E-state index contributed by atoms with van der Waals surface area (Å²) < 4.78 is 0. The number of nitrogens with two attached hydrogens (primary N) is 1. The van der Waals surface area contributed by atoms with Crippen molar-refractivity contribution in [2.45, 2.75) is 122 Å². The van der Waals surface area contributed by atoms with Gasteiger partial charge in [0, 0.05) is 25.7 Å². The number of rotatable bonds is 22. The first-order valence-corrected chi connectivity index (χ1v) is 13.9. The van der Waals surface area contributed by atoms with E-state index in [4.69, 9.17) is 10.8 Å². The van der Waals surface area contributed by atoms with Crippen molar-refractivity contribution in [3.8, 4) is 0 Å². The maximum Gasteiger partial charge on any atom is 0.303 e. The number of anilines is 1. The lowest BCUT2D eigenvalue weighted by Crippen LogP contribution is -2.34. The van der Waals surface area contributed by atoms with Crippen LogP contribution in [0.5, 0.6) is 0 Å². The second-order valence-corrected chi connectivity index (χ2v) is 9.64. The molecular weight excluding hydrogens is 422 g/mol. The smallest absolute Gasteiger partial charge is 0.303 e. The van der Waals surface area contributed by atoms with E-state index in [1.54, 1.807) is 0 Å². The number of benzene rings is 1. The largest absolute Gasteiger partial charge is 0.481 e. The zero-order chi connectivity index (χ0) is 24.7. The molecule has 0 aliphatic heterocycles. The van der Waals surface area contributed by atoms with Crippen molar-refractivity contribution in [2.75, 3.05) is 18.5 Å². The van der Waals surface area contributed by atoms with E-state index < -0.39 is 5.97 Å². The minimum Gasteiger partial charge on any atom is -0.481 e. The van der Waals surface area contributed by atoms with E-state index in [9.17, 15) is 4.79 Å². The lowest BCUT2D eigenvalue weighted by atomic mass is 10.0. The highest BCUT2D eigenvalue weighted by molar-refractivity contribution is 5.94. The van der Waals surface area contributed by atoms with Gasteiger partial charge in [-0.2, -0.15) is 0 Å². The van der Waals surface area contributed by atoms with Gasteiger partial charge in [0.15, 0.2) is 5.96 Å². The highest BCUT2D eigenvalue weighted by Crippen LogP contribution is 2.15. The summed E-state index contributed by atoms with van der Waals surface area (Å²) in [6.45, 7) is 0.815. The van der Waals surface area contributed by atoms with Gasteiger partial charge in [-0.05, 0) is 25.0 Å². The molecule has 0 radical (unpaired) electrons. The summed E-state index contributed by atoms with van der Waals surface area (Å²) in [5.41, 5.74) is 7.17. The number of para-hydroxylation sites is 1. The highest BCUT2D eigenvalue weighted by atomic mass is 16.4. The van der Waals surface area contributed by atoms with Gasteiger partial charge in [-0.15, -0.1) is 0 Å². The van der Waals surface area contributed by atoms with Crippen LogP contribution in [0.1, 0.15) is 122 Å². The number of guanidine groups is 1. The third-order valence-corrected chi connectivity index (χ3v) is 6.56. The number of carboxylic acid groups (broad SMARTS) is 1.